The number of aliphatic hydroxyl groups is 1. The van der Waals surface area contributed by atoms with E-state index in [1.165, 1.54) is 4.90 Å². The molecule has 7 heteroatoms. The van der Waals surface area contributed by atoms with E-state index in [0.29, 0.717) is 32.5 Å². The second-order valence-corrected chi connectivity index (χ2v) is 5.62. The molecule has 6 nitrogen and oxygen atoms in total. The Hall–Kier alpha value is -1.21. The summed E-state index contributed by atoms with van der Waals surface area (Å²) < 4.78 is 18.4. The molecule has 0 unspecified atom stereocenters. The molecule has 2 amide bonds. The number of aliphatic hydroxyl groups excluding tert-OH is 1. The summed E-state index contributed by atoms with van der Waals surface area (Å²) in [6.45, 7) is 3.52. The predicted molar refractivity (Wildman–Crippen MR) is 73.3 cm³/mol. The van der Waals surface area contributed by atoms with Crippen LogP contribution in [0.2, 0.25) is 0 Å². The average molecular weight is 302 g/mol. The summed E-state index contributed by atoms with van der Waals surface area (Å²) in [6.07, 6.45) is -1.25. The fourth-order valence-corrected chi connectivity index (χ4v) is 2.84. The number of carbonyl (C=O) groups is 2. The van der Waals surface area contributed by atoms with Crippen LogP contribution in [0.25, 0.3) is 0 Å². The maximum Gasteiger partial charge on any atom is 0.248 e. The molecule has 2 fully saturated rings. The molecule has 0 aromatic rings. The Labute approximate surface area is 123 Å². The third-order valence-electron chi connectivity index (χ3n) is 4.16. The van der Waals surface area contributed by atoms with Crippen LogP contribution in [0.4, 0.5) is 4.39 Å². The van der Waals surface area contributed by atoms with Crippen molar-refractivity contribution >= 4 is 11.8 Å². The molecule has 0 aliphatic carbocycles. The lowest BCUT2D eigenvalue weighted by Gasteiger charge is -2.33. The number of amides is 2. The number of carbonyl (C=O) groups excluding carboxylic acids is 2. The van der Waals surface area contributed by atoms with Gasteiger partial charge in [-0.25, -0.2) is 4.39 Å². The van der Waals surface area contributed by atoms with Crippen LogP contribution in [0.3, 0.4) is 0 Å². The van der Waals surface area contributed by atoms with Gasteiger partial charge in [0, 0.05) is 32.2 Å². The Morgan fingerprint density at radius 3 is 2.43 bits per heavy atom. The van der Waals surface area contributed by atoms with E-state index in [1.54, 1.807) is 4.90 Å². The number of β-amino-alcohol motifs (C(OH)–C–C–N with tert-alkyl or cyclic N) is 1. The van der Waals surface area contributed by atoms with Crippen LogP contribution in [0, 0.1) is 5.92 Å². The van der Waals surface area contributed by atoms with Gasteiger partial charge < -0.3 is 19.6 Å². The third kappa shape index (κ3) is 3.91. The van der Waals surface area contributed by atoms with Crippen molar-refractivity contribution in [3.63, 3.8) is 0 Å². The van der Waals surface area contributed by atoms with Gasteiger partial charge in [0.05, 0.1) is 6.54 Å². The highest BCUT2D eigenvalue weighted by Gasteiger charge is 2.37. The molecule has 0 aromatic heterocycles. The summed E-state index contributed by atoms with van der Waals surface area (Å²) in [5.41, 5.74) is 0. The highest BCUT2D eigenvalue weighted by atomic mass is 19.1. The van der Waals surface area contributed by atoms with Crippen molar-refractivity contribution in [2.75, 3.05) is 39.4 Å². The van der Waals surface area contributed by atoms with Gasteiger partial charge >= 0.3 is 0 Å². The standard InChI is InChI=1S/C14H23FN2O4/c1-2-21-9-13(19)16-5-3-10(4-6-16)14(20)17-7-11(15)12(18)8-17/h10-12,18H,2-9H2,1H3/t11-,12-/m1/s1. The summed E-state index contributed by atoms with van der Waals surface area (Å²) >= 11 is 0. The van der Waals surface area contributed by atoms with E-state index in [-0.39, 0.29) is 37.4 Å². The molecule has 2 atom stereocenters. The van der Waals surface area contributed by atoms with Gasteiger partial charge in [-0.05, 0) is 19.8 Å². The lowest BCUT2D eigenvalue weighted by Crippen LogP contribution is -2.45. The second kappa shape index (κ2) is 7.17. The topological polar surface area (TPSA) is 70.1 Å². The highest BCUT2D eigenvalue weighted by Crippen LogP contribution is 2.23. The van der Waals surface area contributed by atoms with Crippen molar-refractivity contribution in [2.45, 2.75) is 32.0 Å². The van der Waals surface area contributed by atoms with Crippen molar-refractivity contribution in [3.05, 3.63) is 0 Å². The molecule has 2 aliphatic rings. The van der Waals surface area contributed by atoms with Crippen molar-refractivity contribution in [2.24, 2.45) is 5.92 Å². The van der Waals surface area contributed by atoms with Gasteiger partial charge in [0.2, 0.25) is 11.8 Å². The molecule has 0 aromatic carbocycles. The summed E-state index contributed by atoms with van der Waals surface area (Å²) in [6, 6.07) is 0. The fraction of sp³-hybridized carbons (Fsp3) is 0.857. The van der Waals surface area contributed by atoms with Crippen LogP contribution in [-0.4, -0.2) is 78.4 Å². The minimum Gasteiger partial charge on any atom is -0.388 e. The Balaban J connectivity index is 1.78. The first-order valence-electron chi connectivity index (χ1n) is 7.49. The van der Waals surface area contributed by atoms with Gasteiger partial charge in [0.25, 0.3) is 0 Å². The maximum atomic E-state index is 13.3. The van der Waals surface area contributed by atoms with Crippen LogP contribution in [-0.2, 0) is 14.3 Å². The Morgan fingerprint density at radius 1 is 1.24 bits per heavy atom. The van der Waals surface area contributed by atoms with Gasteiger partial charge in [-0.1, -0.05) is 0 Å². The molecule has 1 N–H and O–H groups in total. The molecule has 120 valence electrons. The average Bonchev–Trinajstić information content (AvgIpc) is 2.83. The minimum absolute atomic E-state index is 0.0243. The Bertz CT molecular complexity index is 375. The molecule has 0 radical (unpaired) electrons. The summed E-state index contributed by atoms with van der Waals surface area (Å²) in [7, 11) is 0. The van der Waals surface area contributed by atoms with Gasteiger partial charge in [-0.3, -0.25) is 9.59 Å². The molecule has 0 saturated carbocycles. The number of ether oxygens (including phenoxy) is 1. The second-order valence-electron chi connectivity index (χ2n) is 5.62. The number of hydrogen-bond acceptors (Lipinski definition) is 4. The largest absolute Gasteiger partial charge is 0.388 e. The molecule has 0 bridgehead atoms. The van der Waals surface area contributed by atoms with E-state index in [9.17, 15) is 19.1 Å². The van der Waals surface area contributed by atoms with Crippen molar-refractivity contribution in [1.82, 2.24) is 9.80 Å². The first-order chi connectivity index (χ1) is 10.0. The molecule has 2 saturated heterocycles. The predicted octanol–water partition coefficient (Wildman–Crippen LogP) is -0.197. The van der Waals surface area contributed by atoms with Crippen molar-refractivity contribution < 1.29 is 23.8 Å². The lowest BCUT2D eigenvalue weighted by molar-refractivity contribution is -0.142. The van der Waals surface area contributed by atoms with Gasteiger partial charge in [0.1, 0.15) is 18.9 Å². The van der Waals surface area contributed by atoms with E-state index in [0.717, 1.165) is 0 Å². The van der Waals surface area contributed by atoms with Crippen LogP contribution < -0.4 is 0 Å². The van der Waals surface area contributed by atoms with Crippen LogP contribution in [0.1, 0.15) is 19.8 Å². The van der Waals surface area contributed by atoms with E-state index >= 15 is 0 Å². The first kappa shape index (κ1) is 16.2. The highest BCUT2D eigenvalue weighted by molar-refractivity contribution is 5.81. The Kier molecular flexibility index (Phi) is 5.52. The smallest absolute Gasteiger partial charge is 0.248 e. The van der Waals surface area contributed by atoms with Crippen LogP contribution in [0.15, 0.2) is 0 Å². The van der Waals surface area contributed by atoms with Crippen LogP contribution in [0.5, 0.6) is 0 Å². The number of hydrogen-bond donors (Lipinski definition) is 1. The number of halogens is 1. The molecule has 2 aliphatic heterocycles. The van der Waals surface area contributed by atoms with Crippen molar-refractivity contribution in [3.8, 4) is 0 Å². The van der Waals surface area contributed by atoms with Crippen LogP contribution >= 0.6 is 0 Å². The fourth-order valence-electron chi connectivity index (χ4n) is 2.84. The van der Waals surface area contributed by atoms with Gasteiger partial charge in [-0.2, -0.15) is 0 Å². The lowest BCUT2D eigenvalue weighted by atomic mass is 9.95. The number of likely N-dealkylation sites (tertiary alicyclic amines) is 2. The van der Waals surface area contributed by atoms with E-state index in [2.05, 4.69) is 0 Å². The van der Waals surface area contributed by atoms with E-state index < -0.39 is 12.3 Å². The van der Waals surface area contributed by atoms with Gasteiger partial charge in [-0.15, -0.1) is 0 Å². The normalized spacial score (nSPS) is 27.2. The SMILES string of the molecule is CCOCC(=O)N1CCC(C(=O)N2C[C@@H](O)[C@H](F)C2)CC1. The van der Waals surface area contributed by atoms with Gasteiger partial charge in [0.15, 0.2) is 0 Å². The monoisotopic (exact) mass is 302 g/mol. The molecule has 21 heavy (non-hydrogen) atoms. The van der Waals surface area contributed by atoms with E-state index in [4.69, 9.17) is 4.74 Å². The summed E-state index contributed by atoms with van der Waals surface area (Å²) in [4.78, 5) is 27.2. The zero-order valence-electron chi connectivity index (χ0n) is 12.3. The molecule has 2 rings (SSSR count). The summed E-state index contributed by atoms with van der Waals surface area (Å²) in [5, 5.41) is 9.38. The van der Waals surface area contributed by atoms with E-state index in [1.807, 2.05) is 6.92 Å². The van der Waals surface area contributed by atoms with Crippen molar-refractivity contribution in [1.29, 1.82) is 0 Å². The third-order valence-corrected chi connectivity index (χ3v) is 4.16. The number of piperidine rings is 1. The first-order valence-corrected chi connectivity index (χ1v) is 7.49. The zero-order valence-corrected chi connectivity index (χ0v) is 12.3. The zero-order chi connectivity index (χ0) is 15.4. The molecular formula is C14H23FN2O4. The molecule has 2 heterocycles. The Morgan fingerprint density at radius 2 is 1.90 bits per heavy atom. The molecular weight excluding hydrogens is 279 g/mol. The number of nitrogens with zero attached hydrogens (tertiary/aromatic N) is 2. The number of alkyl halides is 1. The summed E-state index contributed by atoms with van der Waals surface area (Å²) in [5.74, 6) is -0.340. The number of rotatable bonds is 4. The molecule has 0 spiro atoms. The quantitative estimate of drug-likeness (QED) is 0.781. The minimum atomic E-state index is -1.35. The maximum absolute atomic E-state index is 13.3.